The smallest absolute Gasteiger partial charge is 0.315 e. The fraction of sp³-hybridized carbons (Fsp3) is 0.923. The summed E-state index contributed by atoms with van der Waals surface area (Å²) in [6.45, 7) is 3.02. The molecule has 2 bridgehead atoms. The Morgan fingerprint density at radius 1 is 1.29 bits per heavy atom. The molecule has 0 spiro atoms. The van der Waals surface area contributed by atoms with Gasteiger partial charge in [0, 0.05) is 0 Å². The van der Waals surface area contributed by atoms with Crippen molar-refractivity contribution >= 4 is 17.7 Å². The first-order valence-electron chi connectivity index (χ1n) is 6.64. The largest absolute Gasteiger partial charge is 0.463 e. The number of carbonyl (C=O) groups excluding carboxylic acids is 1. The molecule has 3 unspecified atom stereocenters. The van der Waals surface area contributed by atoms with Crippen molar-refractivity contribution in [3.05, 3.63) is 0 Å². The van der Waals surface area contributed by atoms with Gasteiger partial charge >= 0.3 is 5.97 Å². The van der Waals surface area contributed by atoms with E-state index in [2.05, 4.69) is 0 Å². The zero-order valence-corrected chi connectivity index (χ0v) is 11.3. The lowest BCUT2D eigenvalue weighted by atomic mass is 9.98. The van der Waals surface area contributed by atoms with Crippen LogP contribution in [0, 0.1) is 11.8 Å². The number of hydrogen-bond donors (Lipinski definition) is 0. The van der Waals surface area contributed by atoms with Gasteiger partial charge in [-0.3, -0.25) is 4.79 Å². The predicted octanol–water partition coefficient (Wildman–Crippen LogP) is 2.49. The van der Waals surface area contributed by atoms with E-state index >= 15 is 0 Å². The molecular formula is C13H22O3S. The summed E-state index contributed by atoms with van der Waals surface area (Å²) in [6, 6.07) is 0. The van der Waals surface area contributed by atoms with Gasteiger partial charge in [-0.1, -0.05) is 6.92 Å². The highest BCUT2D eigenvalue weighted by molar-refractivity contribution is 7.99. The highest BCUT2D eigenvalue weighted by atomic mass is 32.2. The van der Waals surface area contributed by atoms with Gasteiger partial charge in [0.2, 0.25) is 0 Å². The minimum Gasteiger partial charge on any atom is -0.463 e. The average Bonchev–Trinajstić information content (AvgIpc) is 2.94. The van der Waals surface area contributed by atoms with Crippen LogP contribution in [-0.2, 0) is 14.3 Å². The molecule has 0 aromatic carbocycles. The SMILES string of the molecule is CCSCC(=O)OCCOC1CC2CCC1C2. The Hall–Kier alpha value is -0.220. The summed E-state index contributed by atoms with van der Waals surface area (Å²) >= 11 is 1.59. The Balaban J connectivity index is 1.50. The highest BCUT2D eigenvalue weighted by Gasteiger charge is 2.39. The van der Waals surface area contributed by atoms with Crippen LogP contribution in [0.3, 0.4) is 0 Å². The number of hydrogen-bond acceptors (Lipinski definition) is 4. The van der Waals surface area contributed by atoms with Crippen molar-refractivity contribution in [1.82, 2.24) is 0 Å². The third-order valence-electron chi connectivity index (χ3n) is 3.78. The number of fused-ring (bicyclic) bond motifs is 2. The first kappa shape index (κ1) is 13.2. The van der Waals surface area contributed by atoms with Crippen LogP contribution in [0.4, 0.5) is 0 Å². The summed E-state index contributed by atoms with van der Waals surface area (Å²) in [7, 11) is 0. The van der Waals surface area contributed by atoms with Gasteiger partial charge in [-0.05, 0) is 43.3 Å². The minimum absolute atomic E-state index is 0.117. The Morgan fingerprint density at radius 2 is 2.18 bits per heavy atom. The zero-order chi connectivity index (χ0) is 12.1. The fourth-order valence-electron chi connectivity index (χ4n) is 2.97. The summed E-state index contributed by atoms with van der Waals surface area (Å²) in [5, 5.41) is 0. The van der Waals surface area contributed by atoms with Gasteiger partial charge in [0.1, 0.15) is 6.61 Å². The summed E-state index contributed by atoms with van der Waals surface area (Å²) in [6.07, 6.45) is 5.76. The molecular weight excluding hydrogens is 236 g/mol. The van der Waals surface area contributed by atoms with E-state index in [0.29, 0.717) is 25.1 Å². The predicted molar refractivity (Wildman–Crippen MR) is 69.1 cm³/mol. The number of carbonyl (C=O) groups is 1. The summed E-state index contributed by atoms with van der Waals surface area (Å²) in [5.41, 5.74) is 0. The summed E-state index contributed by atoms with van der Waals surface area (Å²) in [4.78, 5) is 11.2. The quantitative estimate of drug-likeness (QED) is 0.519. The lowest BCUT2D eigenvalue weighted by molar-refractivity contribution is -0.143. The van der Waals surface area contributed by atoms with Crippen molar-refractivity contribution in [2.24, 2.45) is 11.8 Å². The van der Waals surface area contributed by atoms with Crippen molar-refractivity contribution < 1.29 is 14.3 Å². The maximum absolute atomic E-state index is 11.2. The molecule has 0 N–H and O–H groups in total. The Kier molecular flexibility index (Phi) is 5.16. The topological polar surface area (TPSA) is 35.5 Å². The molecule has 3 atom stereocenters. The van der Waals surface area contributed by atoms with E-state index in [1.807, 2.05) is 6.92 Å². The van der Waals surface area contributed by atoms with Crippen LogP contribution in [0.5, 0.6) is 0 Å². The molecule has 17 heavy (non-hydrogen) atoms. The molecule has 2 rings (SSSR count). The maximum Gasteiger partial charge on any atom is 0.315 e. The van der Waals surface area contributed by atoms with Gasteiger partial charge in [-0.2, -0.15) is 11.8 Å². The van der Waals surface area contributed by atoms with E-state index in [-0.39, 0.29) is 5.97 Å². The van der Waals surface area contributed by atoms with Gasteiger partial charge in [0.25, 0.3) is 0 Å². The Bertz CT molecular complexity index is 257. The molecule has 2 aliphatic carbocycles. The number of thioether (sulfide) groups is 1. The first-order valence-corrected chi connectivity index (χ1v) is 7.80. The number of esters is 1. The van der Waals surface area contributed by atoms with E-state index in [9.17, 15) is 4.79 Å². The van der Waals surface area contributed by atoms with E-state index in [1.54, 1.807) is 11.8 Å². The molecule has 4 heteroatoms. The Morgan fingerprint density at radius 3 is 2.82 bits per heavy atom. The van der Waals surface area contributed by atoms with Crippen molar-refractivity contribution in [3.8, 4) is 0 Å². The second kappa shape index (κ2) is 6.64. The molecule has 98 valence electrons. The molecule has 3 nitrogen and oxygen atoms in total. The molecule has 0 heterocycles. The van der Waals surface area contributed by atoms with Gasteiger partial charge < -0.3 is 9.47 Å². The summed E-state index contributed by atoms with van der Waals surface area (Å²) in [5.74, 6) is 3.00. The standard InChI is InChI=1S/C13H22O3S/c1-2-17-9-13(14)16-6-5-15-12-8-10-3-4-11(12)7-10/h10-12H,2-9H2,1H3. The van der Waals surface area contributed by atoms with Gasteiger partial charge in [0.15, 0.2) is 0 Å². The lowest BCUT2D eigenvalue weighted by Gasteiger charge is -2.21. The van der Waals surface area contributed by atoms with Crippen LogP contribution in [-0.4, -0.2) is 36.8 Å². The van der Waals surface area contributed by atoms with Crippen molar-refractivity contribution in [2.75, 3.05) is 24.7 Å². The second-order valence-electron chi connectivity index (χ2n) is 4.94. The number of rotatable bonds is 7. The zero-order valence-electron chi connectivity index (χ0n) is 10.5. The normalized spacial score (nSPS) is 30.8. The van der Waals surface area contributed by atoms with E-state index < -0.39 is 0 Å². The molecule has 0 aromatic rings. The molecule has 0 amide bonds. The van der Waals surface area contributed by atoms with Crippen LogP contribution in [0.2, 0.25) is 0 Å². The van der Waals surface area contributed by atoms with Crippen LogP contribution >= 0.6 is 11.8 Å². The Labute approximate surface area is 108 Å². The van der Waals surface area contributed by atoms with Gasteiger partial charge in [-0.25, -0.2) is 0 Å². The third kappa shape index (κ3) is 3.88. The molecule has 2 aliphatic rings. The minimum atomic E-state index is -0.117. The van der Waals surface area contributed by atoms with E-state index in [0.717, 1.165) is 17.6 Å². The van der Waals surface area contributed by atoms with E-state index in [4.69, 9.17) is 9.47 Å². The van der Waals surface area contributed by atoms with Crippen LogP contribution in [0.15, 0.2) is 0 Å². The van der Waals surface area contributed by atoms with Crippen LogP contribution < -0.4 is 0 Å². The van der Waals surface area contributed by atoms with Crippen molar-refractivity contribution in [2.45, 2.75) is 38.7 Å². The van der Waals surface area contributed by atoms with Crippen molar-refractivity contribution in [3.63, 3.8) is 0 Å². The summed E-state index contributed by atoms with van der Waals surface area (Å²) < 4.78 is 10.9. The van der Waals surface area contributed by atoms with Gasteiger partial charge in [0.05, 0.1) is 18.5 Å². The van der Waals surface area contributed by atoms with Crippen LogP contribution in [0.1, 0.15) is 32.6 Å². The van der Waals surface area contributed by atoms with E-state index in [1.165, 1.54) is 25.7 Å². The third-order valence-corrected chi connectivity index (χ3v) is 4.62. The lowest BCUT2D eigenvalue weighted by Crippen LogP contribution is -2.23. The van der Waals surface area contributed by atoms with Gasteiger partial charge in [-0.15, -0.1) is 0 Å². The first-order chi connectivity index (χ1) is 8.29. The molecule has 2 fully saturated rings. The molecule has 0 radical (unpaired) electrons. The second-order valence-corrected chi connectivity index (χ2v) is 6.22. The molecule has 2 saturated carbocycles. The fourth-order valence-corrected chi connectivity index (χ4v) is 3.43. The molecule has 0 aliphatic heterocycles. The highest BCUT2D eigenvalue weighted by Crippen LogP contribution is 2.45. The molecule has 0 saturated heterocycles. The number of ether oxygens (including phenoxy) is 2. The van der Waals surface area contributed by atoms with Crippen LogP contribution in [0.25, 0.3) is 0 Å². The average molecular weight is 258 g/mol. The van der Waals surface area contributed by atoms with Crippen molar-refractivity contribution in [1.29, 1.82) is 0 Å². The monoisotopic (exact) mass is 258 g/mol. The maximum atomic E-state index is 11.2. The molecule has 0 aromatic heterocycles.